The molecule has 0 amide bonds. The van der Waals surface area contributed by atoms with E-state index >= 15 is 0 Å². The number of rotatable bonds is 5. The van der Waals surface area contributed by atoms with Crippen molar-refractivity contribution in [2.75, 3.05) is 7.11 Å². The van der Waals surface area contributed by atoms with Gasteiger partial charge in [0.1, 0.15) is 0 Å². The summed E-state index contributed by atoms with van der Waals surface area (Å²) in [4.78, 5) is 12.7. The molecule has 5 unspecified atom stereocenters. The van der Waals surface area contributed by atoms with E-state index in [0.717, 1.165) is 32.1 Å². The summed E-state index contributed by atoms with van der Waals surface area (Å²) in [5.74, 6) is 2.20. The highest BCUT2D eigenvalue weighted by Gasteiger charge is 2.83. The van der Waals surface area contributed by atoms with E-state index in [-0.39, 0.29) is 16.8 Å². The van der Waals surface area contributed by atoms with E-state index in [1.54, 1.807) is 139 Å². The number of esters is 1. The molecule has 18 rings (SSSR count). The Morgan fingerprint density at radius 3 is 2.09 bits per heavy atom. The lowest BCUT2D eigenvalue weighted by Gasteiger charge is -2.37. The van der Waals surface area contributed by atoms with Crippen LogP contribution in [0.2, 0.25) is 0 Å². The maximum Gasteiger partial charge on any atom is 0.305 e. The Bertz CT molecular complexity index is 3480. The highest BCUT2D eigenvalue weighted by atomic mass is 16.5. The third-order valence-electron chi connectivity index (χ3n) is 18.0. The van der Waals surface area contributed by atoms with Crippen molar-refractivity contribution in [1.29, 1.82) is 0 Å². The van der Waals surface area contributed by atoms with Crippen LogP contribution < -0.4 is 0 Å². The molecule has 1 fully saturated rings. The zero-order chi connectivity index (χ0) is 33.5. The highest BCUT2D eigenvalue weighted by Crippen LogP contribution is 2.88. The molecule has 246 valence electrons. The Labute approximate surface area is 303 Å². The van der Waals surface area contributed by atoms with Crippen molar-refractivity contribution in [3.8, 4) is 0 Å². The second-order valence-electron chi connectivity index (χ2n) is 19.0. The quantitative estimate of drug-likeness (QED) is 0.134. The second-order valence-corrected chi connectivity index (χ2v) is 19.0. The SMILES string of the molecule is COC(=O)CCC[C@]1(c2ccccc2)C2C3C=C4Cc5cc6cc7c8c9c%10c%11c%12c%13c%14c(c%15c%12c%12c(c4c5c4c6c8c%11c%124)C%153)C21CC%14=C[C@H](C=C9C7)C%13%10. The zero-order valence-electron chi connectivity index (χ0n) is 29.2. The molecule has 10 aliphatic carbocycles. The fourth-order valence-electron chi connectivity index (χ4n) is 17.2. The van der Waals surface area contributed by atoms with Crippen LogP contribution in [0, 0.1) is 17.8 Å². The third kappa shape index (κ3) is 1.94. The molecule has 1 saturated carbocycles. The number of hydrogen-bond acceptors (Lipinski definition) is 2. The number of allylic oxidation sites excluding steroid dienone is 6. The van der Waals surface area contributed by atoms with Gasteiger partial charge in [-0.3, -0.25) is 4.79 Å². The smallest absolute Gasteiger partial charge is 0.305 e. The summed E-state index contributed by atoms with van der Waals surface area (Å²) < 4.78 is 5.24. The normalized spacial score (nSPS) is 31.9. The molecule has 1 spiro atoms. The summed E-state index contributed by atoms with van der Waals surface area (Å²) in [6.45, 7) is 0. The van der Waals surface area contributed by atoms with E-state index in [0.29, 0.717) is 36.0 Å². The van der Waals surface area contributed by atoms with Crippen molar-refractivity contribution in [3.63, 3.8) is 0 Å². The Hall–Kier alpha value is -5.21. The number of fused-ring (bicyclic) bond motifs is 1. The van der Waals surface area contributed by atoms with Gasteiger partial charge < -0.3 is 4.74 Å². The van der Waals surface area contributed by atoms with Gasteiger partial charge in [0.2, 0.25) is 0 Å². The molecule has 10 aliphatic rings. The summed E-state index contributed by atoms with van der Waals surface area (Å²) in [5.41, 5.74) is 23.3. The van der Waals surface area contributed by atoms with Crippen LogP contribution in [0.4, 0.5) is 0 Å². The number of benzene rings is 7. The summed E-state index contributed by atoms with van der Waals surface area (Å²) in [7, 11) is 1.55. The summed E-state index contributed by atoms with van der Waals surface area (Å²) in [6.07, 6.45) is 14.1. The fraction of sp³-hybridized carbons (Fsp3) is 0.275. The largest absolute Gasteiger partial charge is 0.469 e. The van der Waals surface area contributed by atoms with E-state index in [1.807, 2.05) is 0 Å². The topological polar surface area (TPSA) is 26.3 Å². The van der Waals surface area contributed by atoms with Gasteiger partial charge in [-0.15, -0.1) is 0 Å². The first-order chi connectivity index (χ1) is 26.2. The molecule has 0 saturated heterocycles. The lowest BCUT2D eigenvalue weighted by molar-refractivity contribution is -0.140. The number of carbonyl (C=O) groups excluding carboxylic acids is 1. The van der Waals surface area contributed by atoms with E-state index in [9.17, 15) is 4.79 Å². The van der Waals surface area contributed by atoms with E-state index in [1.165, 1.54) is 10.9 Å². The van der Waals surface area contributed by atoms with Gasteiger partial charge in [-0.1, -0.05) is 60.7 Å². The van der Waals surface area contributed by atoms with Gasteiger partial charge >= 0.3 is 5.97 Å². The van der Waals surface area contributed by atoms with Gasteiger partial charge in [0, 0.05) is 35.0 Å². The molecule has 2 heteroatoms. The second kappa shape index (κ2) is 6.84. The molecular weight excluding hydrogens is 645 g/mol. The monoisotopic (exact) mass is 674 g/mol. The molecule has 8 aromatic rings. The third-order valence-corrected chi connectivity index (χ3v) is 18.0. The van der Waals surface area contributed by atoms with Crippen molar-refractivity contribution in [2.24, 2.45) is 17.8 Å². The molecule has 7 atom stereocenters. The Balaban J connectivity index is 1.11. The van der Waals surface area contributed by atoms with Crippen molar-refractivity contribution in [1.82, 2.24) is 0 Å². The first-order valence-corrected chi connectivity index (χ1v) is 20.3. The van der Waals surface area contributed by atoms with Crippen LogP contribution in [0.25, 0.3) is 81.4 Å². The van der Waals surface area contributed by atoms with Gasteiger partial charge in [-0.25, -0.2) is 0 Å². The van der Waals surface area contributed by atoms with E-state index < -0.39 is 0 Å². The van der Waals surface area contributed by atoms with Crippen LogP contribution in [0.3, 0.4) is 0 Å². The summed E-state index contributed by atoms with van der Waals surface area (Å²) >= 11 is 0. The standard InChI is InChI=1S/C51H30O2/c1-53-27(52)8-5-9-50(25-6-3-2-4-7-25)49-26-16-23-14-20-12-21-11-18-10-19-13-22-15-24-17-51(49,50)48-34(24)39-33(22)38-29(19)28(18)36-32(21)37-30(20)31(23)40-35(26)47(48)46-44(39)42(38)41(36)43(37)45(40)46/h2-4,6-7,11-13,15-16,22,26,33,35,49H,5,8-10,14,17H2,1H3/t22-,26?,33?,35?,49?,50-,51?/m0/s1. The number of methoxy groups -OCH3 is 1. The summed E-state index contributed by atoms with van der Waals surface area (Å²) in [6, 6.07) is 16.9. The molecule has 0 aliphatic heterocycles. The lowest BCUT2D eigenvalue weighted by Crippen LogP contribution is -2.28. The predicted molar refractivity (Wildman–Crippen MR) is 211 cm³/mol. The Morgan fingerprint density at radius 2 is 1.34 bits per heavy atom. The molecule has 8 aromatic carbocycles. The fourth-order valence-corrected chi connectivity index (χ4v) is 17.2. The van der Waals surface area contributed by atoms with Crippen LogP contribution in [0.15, 0.2) is 60.7 Å². The van der Waals surface area contributed by atoms with Gasteiger partial charge in [-0.05, 0) is 186 Å². The number of carbonyl (C=O) groups is 1. The van der Waals surface area contributed by atoms with Crippen LogP contribution >= 0.6 is 0 Å². The average molecular weight is 675 g/mol. The molecule has 0 N–H and O–H groups in total. The molecule has 0 aromatic heterocycles. The Kier molecular flexibility index (Phi) is 3.22. The number of hydrogen-bond donors (Lipinski definition) is 0. The van der Waals surface area contributed by atoms with Crippen molar-refractivity contribution < 1.29 is 9.53 Å². The minimum absolute atomic E-state index is 0.0129. The van der Waals surface area contributed by atoms with Crippen molar-refractivity contribution >= 4 is 87.3 Å². The molecular formula is C51H30O2. The Morgan fingerprint density at radius 1 is 0.698 bits per heavy atom. The van der Waals surface area contributed by atoms with E-state index in [2.05, 4.69) is 60.7 Å². The predicted octanol–water partition coefficient (Wildman–Crippen LogP) is 10.9. The lowest BCUT2D eigenvalue weighted by atomic mass is 9.65. The molecule has 0 radical (unpaired) electrons. The van der Waals surface area contributed by atoms with Crippen molar-refractivity contribution in [2.45, 2.75) is 61.2 Å². The van der Waals surface area contributed by atoms with Gasteiger partial charge in [0.05, 0.1) is 7.11 Å². The van der Waals surface area contributed by atoms with Crippen molar-refractivity contribution in [3.05, 3.63) is 122 Å². The minimum Gasteiger partial charge on any atom is -0.469 e. The first-order valence-electron chi connectivity index (χ1n) is 20.3. The van der Waals surface area contributed by atoms with Gasteiger partial charge in [0.25, 0.3) is 0 Å². The maximum absolute atomic E-state index is 12.7. The summed E-state index contributed by atoms with van der Waals surface area (Å²) in [5, 5.41) is 19.6. The van der Waals surface area contributed by atoms with E-state index in [4.69, 9.17) is 4.74 Å². The van der Waals surface area contributed by atoms with Crippen LogP contribution in [0.5, 0.6) is 0 Å². The van der Waals surface area contributed by atoms with Gasteiger partial charge in [0.15, 0.2) is 0 Å². The van der Waals surface area contributed by atoms with Crippen LogP contribution in [0.1, 0.15) is 98.7 Å². The average Bonchev–Trinajstić information content (AvgIpc) is 3.86. The molecule has 53 heavy (non-hydrogen) atoms. The van der Waals surface area contributed by atoms with Crippen LogP contribution in [-0.2, 0) is 33.2 Å². The first kappa shape index (κ1) is 24.9. The molecule has 2 nitrogen and oxygen atoms in total. The molecule has 0 bridgehead atoms. The zero-order valence-corrected chi connectivity index (χ0v) is 29.2. The highest BCUT2D eigenvalue weighted by molar-refractivity contribution is 6.53. The maximum atomic E-state index is 12.7. The van der Waals surface area contributed by atoms with Gasteiger partial charge in [-0.2, -0.15) is 0 Å². The molecule has 0 heterocycles. The number of ether oxygens (including phenoxy) is 1. The minimum atomic E-state index is -0.0734. The van der Waals surface area contributed by atoms with Crippen LogP contribution in [-0.4, -0.2) is 13.1 Å².